The quantitative estimate of drug-likeness (QED) is 0.627. The Kier molecular flexibility index (Phi) is 4.15. The van der Waals surface area contributed by atoms with E-state index in [-0.39, 0.29) is 11.1 Å². The summed E-state index contributed by atoms with van der Waals surface area (Å²) in [4.78, 5) is 9.54. The first-order valence-corrected chi connectivity index (χ1v) is 11.1. The van der Waals surface area contributed by atoms with Crippen LogP contribution in [0.2, 0.25) is 18.1 Å². The normalized spacial score (nSPS) is 25.6. The minimum absolute atomic E-state index is 0.0336. The fourth-order valence-electron chi connectivity index (χ4n) is 1.67. The first kappa shape index (κ1) is 15.2. The monoisotopic (exact) mass is 276 g/mol. The molecule has 2 atom stereocenters. The number of hydrogen-bond acceptors (Lipinski definition) is 2. The van der Waals surface area contributed by atoms with Crippen molar-refractivity contribution in [3.63, 3.8) is 0 Å². The van der Waals surface area contributed by atoms with Gasteiger partial charge in [-0.2, -0.15) is 0 Å². The van der Waals surface area contributed by atoms with Gasteiger partial charge in [-0.25, -0.2) is 0 Å². The second kappa shape index (κ2) is 4.65. The molecule has 2 unspecified atom stereocenters. The highest BCUT2D eigenvalue weighted by molar-refractivity contribution is 7.61. The summed E-state index contributed by atoms with van der Waals surface area (Å²) in [7, 11) is -4.83. The van der Waals surface area contributed by atoms with Crippen molar-refractivity contribution in [2.75, 3.05) is 6.66 Å². The highest BCUT2D eigenvalue weighted by Gasteiger charge is 2.40. The highest BCUT2D eigenvalue weighted by Crippen LogP contribution is 2.51. The van der Waals surface area contributed by atoms with E-state index in [1.54, 1.807) is 0 Å². The van der Waals surface area contributed by atoms with Crippen molar-refractivity contribution >= 4 is 15.7 Å². The van der Waals surface area contributed by atoms with Gasteiger partial charge in [0, 0.05) is 12.0 Å². The molecule has 0 amide bonds. The Morgan fingerprint density at radius 1 is 1.47 bits per heavy atom. The van der Waals surface area contributed by atoms with E-state index in [0.29, 0.717) is 11.7 Å². The first-order chi connectivity index (χ1) is 7.43. The van der Waals surface area contributed by atoms with Crippen LogP contribution in [0, 0.1) is 0 Å². The Bertz CT molecular complexity index is 362. The molecule has 5 heteroatoms. The summed E-state index contributed by atoms with van der Waals surface area (Å²) in [6.07, 6.45) is 3.46. The van der Waals surface area contributed by atoms with Crippen molar-refractivity contribution in [2.45, 2.75) is 57.8 Å². The van der Waals surface area contributed by atoms with Crippen LogP contribution in [-0.2, 0) is 8.99 Å². The van der Waals surface area contributed by atoms with Gasteiger partial charge in [-0.15, -0.1) is 0 Å². The SMILES string of the molecule is CC(C)(C)[Si](C)(C)OC1C=C(P(C)(=O)O)CC1. The van der Waals surface area contributed by atoms with Gasteiger partial charge in [0.2, 0.25) is 7.37 Å². The van der Waals surface area contributed by atoms with Crippen LogP contribution in [0.3, 0.4) is 0 Å². The van der Waals surface area contributed by atoms with Crippen molar-refractivity contribution in [3.05, 3.63) is 11.4 Å². The second-order valence-electron chi connectivity index (χ2n) is 6.49. The smallest absolute Gasteiger partial charge is 0.222 e. The topological polar surface area (TPSA) is 46.5 Å². The molecular weight excluding hydrogens is 251 g/mol. The molecule has 1 aliphatic carbocycles. The molecule has 0 fully saturated rings. The summed E-state index contributed by atoms with van der Waals surface area (Å²) in [5.74, 6) is 0. The van der Waals surface area contributed by atoms with Gasteiger partial charge < -0.3 is 9.32 Å². The molecule has 3 nitrogen and oxygen atoms in total. The largest absolute Gasteiger partial charge is 0.411 e. The fourth-order valence-corrected chi connectivity index (χ4v) is 3.95. The Balaban J connectivity index is 2.74. The predicted octanol–water partition coefficient (Wildman–Crippen LogP) is 3.95. The Hall–Kier alpha value is 0.107. The number of hydrogen-bond donors (Lipinski definition) is 1. The Labute approximate surface area is 106 Å². The Morgan fingerprint density at radius 3 is 2.35 bits per heavy atom. The molecule has 0 spiro atoms. The van der Waals surface area contributed by atoms with Crippen molar-refractivity contribution in [3.8, 4) is 0 Å². The van der Waals surface area contributed by atoms with Crippen LogP contribution in [0.1, 0.15) is 33.6 Å². The van der Waals surface area contributed by atoms with Crippen molar-refractivity contribution in [1.29, 1.82) is 0 Å². The molecular formula is C12H25O3PSi. The van der Waals surface area contributed by atoms with E-state index in [9.17, 15) is 9.46 Å². The maximum atomic E-state index is 11.6. The number of allylic oxidation sites excluding steroid dienone is 1. The average molecular weight is 276 g/mol. The van der Waals surface area contributed by atoms with Gasteiger partial charge in [0.25, 0.3) is 0 Å². The van der Waals surface area contributed by atoms with Crippen LogP contribution in [0.4, 0.5) is 0 Å². The second-order valence-corrected chi connectivity index (χ2v) is 13.6. The van der Waals surface area contributed by atoms with Gasteiger partial charge >= 0.3 is 0 Å². The van der Waals surface area contributed by atoms with Crippen molar-refractivity contribution in [2.24, 2.45) is 0 Å². The summed E-state index contributed by atoms with van der Waals surface area (Å²) in [5, 5.41) is 0.861. The molecule has 1 N–H and O–H groups in total. The molecule has 0 saturated heterocycles. The lowest BCUT2D eigenvalue weighted by molar-refractivity contribution is 0.224. The molecule has 0 aromatic carbocycles. The van der Waals surface area contributed by atoms with E-state index >= 15 is 0 Å². The fraction of sp³-hybridized carbons (Fsp3) is 0.833. The van der Waals surface area contributed by atoms with Crippen LogP contribution in [0.15, 0.2) is 11.4 Å². The van der Waals surface area contributed by atoms with Crippen molar-refractivity contribution in [1.82, 2.24) is 0 Å². The molecule has 17 heavy (non-hydrogen) atoms. The van der Waals surface area contributed by atoms with Crippen molar-refractivity contribution < 1.29 is 13.9 Å². The summed E-state index contributed by atoms with van der Waals surface area (Å²) in [5.41, 5.74) is 0. The maximum Gasteiger partial charge on any atom is 0.222 e. The molecule has 1 aliphatic rings. The molecule has 0 radical (unpaired) electrons. The summed E-state index contributed by atoms with van der Waals surface area (Å²) in [6, 6.07) is 0. The van der Waals surface area contributed by atoms with E-state index in [1.165, 1.54) is 6.66 Å². The van der Waals surface area contributed by atoms with Crippen LogP contribution in [0.25, 0.3) is 0 Å². The number of rotatable bonds is 3. The van der Waals surface area contributed by atoms with Gasteiger partial charge in [-0.05, 0) is 37.0 Å². The summed E-state index contributed by atoms with van der Waals surface area (Å²) < 4.78 is 17.8. The lowest BCUT2D eigenvalue weighted by Gasteiger charge is -2.38. The third-order valence-electron chi connectivity index (χ3n) is 3.85. The van der Waals surface area contributed by atoms with E-state index < -0.39 is 15.7 Å². The Morgan fingerprint density at radius 2 is 2.00 bits per heavy atom. The van der Waals surface area contributed by atoms with E-state index in [4.69, 9.17) is 4.43 Å². The lowest BCUT2D eigenvalue weighted by atomic mass is 10.2. The van der Waals surface area contributed by atoms with Gasteiger partial charge in [0.15, 0.2) is 8.32 Å². The van der Waals surface area contributed by atoms with E-state index in [2.05, 4.69) is 33.9 Å². The van der Waals surface area contributed by atoms with E-state index in [1.807, 2.05) is 6.08 Å². The summed E-state index contributed by atoms with van der Waals surface area (Å²) >= 11 is 0. The molecule has 0 heterocycles. The molecule has 0 aromatic rings. The highest BCUT2D eigenvalue weighted by atomic mass is 31.2. The molecule has 0 saturated carbocycles. The predicted molar refractivity (Wildman–Crippen MR) is 75.1 cm³/mol. The van der Waals surface area contributed by atoms with Gasteiger partial charge in [0.05, 0.1) is 6.10 Å². The van der Waals surface area contributed by atoms with Gasteiger partial charge in [-0.1, -0.05) is 20.8 Å². The van der Waals surface area contributed by atoms with Crippen LogP contribution in [-0.4, -0.2) is 26.0 Å². The zero-order valence-corrected chi connectivity index (χ0v) is 13.7. The van der Waals surface area contributed by atoms with Gasteiger partial charge in [0.1, 0.15) is 0 Å². The van der Waals surface area contributed by atoms with E-state index in [0.717, 1.165) is 6.42 Å². The minimum Gasteiger partial charge on any atom is -0.411 e. The average Bonchev–Trinajstić information content (AvgIpc) is 2.48. The minimum atomic E-state index is -3.06. The zero-order chi connectivity index (χ0) is 13.5. The molecule has 0 aromatic heterocycles. The van der Waals surface area contributed by atoms with Crippen LogP contribution in [0.5, 0.6) is 0 Å². The third-order valence-corrected chi connectivity index (χ3v) is 9.79. The maximum absolute atomic E-state index is 11.6. The molecule has 0 aliphatic heterocycles. The molecule has 0 bridgehead atoms. The summed E-state index contributed by atoms with van der Waals surface area (Å²) in [6.45, 7) is 12.4. The third kappa shape index (κ3) is 3.78. The van der Waals surface area contributed by atoms with Gasteiger partial charge in [-0.3, -0.25) is 4.57 Å². The van der Waals surface area contributed by atoms with Crippen LogP contribution < -0.4 is 0 Å². The zero-order valence-electron chi connectivity index (χ0n) is 11.8. The van der Waals surface area contributed by atoms with Crippen LogP contribution >= 0.6 is 7.37 Å². The first-order valence-electron chi connectivity index (χ1n) is 6.13. The molecule has 100 valence electrons. The lowest BCUT2D eigenvalue weighted by Crippen LogP contribution is -2.43. The standard InChI is InChI=1S/C12H25O3PSi/c1-12(2,3)17(5,6)15-10-7-8-11(9-10)16(4,13)14/h9-10H,7-8H2,1-6H3,(H,13,14). The molecule has 1 rings (SSSR count).